The fourth-order valence-electron chi connectivity index (χ4n) is 3.86. The van der Waals surface area contributed by atoms with E-state index in [1.807, 2.05) is 40.1 Å². The highest BCUT2D eigenvalue weighted by Gasteiger charge is 2.34. The van der Waals surface area contributed by atoms with Crippen LogP contribution in [0, 0.1) is 5.92 Å². The summed E-state index contributed by atoms with van der Waals surface area (Å²) in [7, 11) is 4.04. The second kappa shape index (κ2) is 9.55. The van der Waals surface area contributed by atoms with E-state index in [2.05, 4.69) is 39.2 Å². The molecule has 1 aromatic carbocycles. The number of thiophene rings is 1. The van der Waals surface area contributed by atoms with E-state index in [9.17, 15) is 9.59 Å². The van der Waals surface area contributed by atoms with Gasteiger partial charge in [-0.05, 0) is 53.5 Å². The first-order valence-corrected chi connectivity index (χ1v) is 11.1. The molecule has 2 heterocycles. The van der Waals surface area contributed by atoms with Crippen LogP contribution in [0.5, 0.6) is 0 Å². The molecule has 0 spiro atoms. The summed E-state index contributed by atoms with van der Waals surface area (Å²) < 4.78 is 0. The van der Waals surface area contributed by atoms with Crippen LogP contribution in [-0.4, -0.2) is 48.3 Å². The van der Waals surface area contributed by atoms with Crippen LogP contribution in [0.1, 0.15) is 43.0 Å². The summed E-state index contributed by atoms with van der Waals surface area (Å²) in [6.45, 7) is 5.09. The number of amides is 2. The van der Waals surface area contributed by atoms with Crippen LogP contribution in [0.25, 0.3) is 0 Å². The Morgan fingerprint density at radius 3 is 2.55 bits per heavy atom. The number of carbonyl (C=O) groups excluding carboxylic acids is 2. The summed E-state index contributed by atoms with van der Waals surface area (Å²) in [4.78, 5) is 30.0. The van der Waals surface area contributed by atoms with E-state index in [4.69, 9.17) is 0 Å². The molecule has 2 atom stereocenters. The molecule has 1 aromatic heterocycles. The fourth-order valence-corrected chi connectivity index (χ4v) is 4.57. The van der Waals surface area contributed by atoms with Gasteiger partial charge >= 0.3 is 0 Å². The summed E-state index contributed by atoms with van der Waals surface area (Å²) in [5.41, 5.74) is 3.49. The average Bonchev–Trinajstić information content (AvgIpc) is 3.20. The molecule has 0 saturated carbocycles. The first kappa shape index (κ1) is 21.5. The predicted octanol–water partition coefficient (Wildman–Crippen LogP) is 3.47. The topological polar surface area (TPSA) is 52.7 Å². The van der Waals surface area contributed by atoms with Gasteiger partial charge in [-0.25, -0.2) is 0 Å². The molecule has 6 heteroatoms. The Morgan fingerprint density at radius 1 is 1.21 bits per heavy atom. The number of fused-ring (bicyclic) bond motifs is 1. The molecule has 1 aliphatic heterocycles. The van der Waals surface area contributed by atoms with Gasteiger partial charge in [-0.1, -0.05) is 38.1 Å². The highest BCUT2D eigenvalue weighted by Crippen LogP contribution is 2.25. The molecular formula is C23H31N3O2S. The van der Waals surface area contributed by atoms with E-state index < -0.39 is 6.04 Å². The van der Waals surface area contributed by atoms with Crippen LogP contribution in [0.3, 0.4) is 0 Å². The standard InChI is InChI=1S/C23H31N3O2S/c1-16(2)11-22(27)26-14-18-8-6-5-7-17(18)12-20(26)23(28)24-13-21(25(3)4)19-9-10-29-15-19/h5-10,15-16,20-21H,11-14H2,1-4H3,(H,24,28). The molecule has 3 rings (SSSR count). The number of carbonyl (C=O) groups is 2. The third-order valence-corrected chi connectivity index (χ3v) is 6.18. The highest BCUT2D eigenvalue weighted by atomic mass is 32.1. The number of likely N-dealkylation sites (N-methyl/N-ethyl adjacent to an activating group) is 1. The van der Waals surface area contributed by atoms with Crippen LogP contribution in [0.4, 0.5) is 0 Å². The Balaban J connectivity index is 1.76. The number of nitrogens with one attached hydrogen (secondary N) is 1. The molecule has 156 valence electrons. The highest BCUT2D eigenvalue weighted by molar-refractivity contribution is 7.07. The van der Waals surface area contributed by atoms with Gasteiger partial charge in [0.05, 0.1) is 6.04 Å². The summed E-state index contributed by atoms with van der Waals surface area (Å²) >= 11 is 1.66. The maximum Gasteiger partial charge on any atom is 0.243 e. The number of hydrogen-bond donors (Lipinski definition) is 1. The Kier molecular flexibility index (Phi) is 7.09. The van der Waals surface area contributed by atoms with Crippen LogP contribution >= 0.6 is 11.3 Å². The minimum atomic E-state index is -0.457. The minimum absolute atomic E-state index is 0.0525. The van der Waals surface area contributed by atoms with E-state index in [0.29, 0.717) is 25.9 Å². The van der Waals surface area contributed by atoms with Crippen molar-refractivity contribution >= 4 is 23.2 Å². The number of nitrogens with zero attached hydrogens (tertiary/aromatic N) is 2. The lowest BCUT2D eigenvalue weighted by Gasteiger charge is -2.37. The Morgan fingerprint density at radius 2 is 1.93 bits per heavy atom. The lowest BCUT2D eigenvalue weighted by Crippen LogP contribution is -2.53. The van der Waals surface area contributed by atoms with Gasteiger partial charge in [0.1, 0.15) is 6.04 Å². The second-order valence-electron chi connectivity index (χ2n) is 8.39. The van der Waals surface area contributed by atoms with Crippen molar-refractivity contribution in [2.24, 2.45) is 5.92 Å². The van der Waals surface area contributed by atoms with E-state index >= 15 is 0 Å². The number of hydrogen-bond acceptors (Lipinski definition) is 4. The van der Waals surface area contributed by atoms with Gasteiger partial charge in [0, 0.05) is 25.9 Å². The van der Waals surface area contributed by atoms with Crippen molar-refractivity contribution in [2.45, 2.75) is 45.3 Å². The first-order valence-electron chi connectivity index (χ1n) is 10.2. The van der Waals surface area contributed by atoms with Gasteiger partial charge in [0.25, 0.3) is 0 Å². The molecule has 1 aliphatic rings. The minimum Gasteiger partial charge on any atom is -0.352 e. The van der Waals surface area contributed by atoms with Crippen LogP contribution < -0.4 is 5.32 Å². The fraction of sp³-hybridized carbons (Fsp3) is 0.478. The molecule has 2 unspecified atom stereocenters. The van der Waals surface area contributed by atoms with Crippen LogP contribution in [0.2, 0.25) is 0 Å². The van der Waals surface area contributed by atoms with Crippen molar-refractivity contribution in [2.75, 3.05) is 20.6 Å². The predicted molar refractivity (Wildman–Crippen MR) is 118 cm³/mol. The van der Waals surface area contributed by atoms with Gasteiger partial charge in [-0.2, -0.15) is 11.3 Å². The maximum atomic E-state index is 13.2. The summed E-state index contributed by atoms with van der Waals surface area (Å²) in [5, 5.41) is 7.29. The van der Waals surface area contributed by atoms with Gasteiger partial charge in [-0.15, -0.1) is 0 Å². The van der Waals surface area contributed by atoms with E-state index in [-0.39, 0.29) is 23.8 Å². The first-order chi connectivity index (χ1) is 13.9. The SMILES string of the molecule is CC(C)CC(=O)N1Cc2ccccc2CC1C(=O)NCC(c1ccsc1)N(C)C. The average molecular weight is 414 g/mol. The van der Waals surface area contributed by atoms with Crippen LogP contribution in [-0.2, 0) is 22.6 Å². The summed E-state index contributed by atoms with van der Waals surface area (Å²) in [6.07, 6.45) is 1.03. The lowest BCUT2D eigenvalue weighted by atomic mass is 9.92. The van der Waals surface area contributed by atoms with Gasteiger partial charge in [0.15, 0.2) is 0 Å². The van der Waals surface area contributed by atoms with Crippen LogP contribution in [0.15, 0.2) is 41.1 Å². The molecule has 0 bridgehead atoms. The molecule has 1 N–H and O–H groups in total. The quantitative estimate of drug-likeness (QED) is 0.756. The van der Waals surface area contributed by atoms with E-state index in [0.717, 1.165) is 11.1 Å². The lowest BCUT2D eigenvalue weighted by molar-refractivity contribution is -0.142. The molecule has 5 nitrogen and oxygen atoms in total. The van der Waals surface area contributed by atoms with Crippen molar-refractivity contribution in [3.8, 4) is 0 Å². The molecule has 0 aliphatic carbocycles. The van der Waals surface area contributed by atoms with Crippen molar-refractivity contribution in [3.63, 3.8) is 0 Å². The Hall–Kier alpha value is -2.18. The normalized spacial score (nSPS) is 17.3. The van der Waals surface area contributed by atoms with Crippen molar-refractivity contribution < 1.29 is 9.59 Å². The summed E-state index contributed by atoms with van der Waals surface area (Å²) in [6, 6.07) is 9.86. The zero-order valence-corrected chi connectivity index (χ0v) is 18.5. The van der Waals surface area contributed by atoms with Crippen molar-refractivity contribution in [3.05, 3.63) is 57.8 Å². The van der Waals surface area contributed by atoms with E-state index in [1.165, 1.54) is 5.56 Å². The smallest absolute Gasteiger partial charge is 0.243 e. The molecule has 29 heavy (non-hydrogen) atoms. The van der Waals surface area contributed by atoms with Gasteiger partial charge in [-0.3, -0.25) is 9.59 Å². The third kappa shape index (κ3) is 5.25. The molecule has 2 aromatic rings. The molecule has 2 amide bonds. The Labute approximate surface area is 177 Å². The Bertz CT molecular complexity index is 832. The van der Waals surface area contributed by atoms with Gasteiger partial charge < -0.3 is 15.1 Å². The molecule has 0 saturated heterocycles. The van der Waals surface area contributed by atoms with E-state index in [1.54, 1.807) is 16.2 Å². The molecular weight excluding hydrogens is 382 g/mol. The van der Waals surface area contributed by atoms with Crippen molar-refractivity contribution in [1.29, 1.82) is 0 Å². The second-order valence-corrected chi connectivity index (χ2v) is 9.17. The summed E-state index contributed by atoms with van der Waals surface area (Å²) in [5.74, 6) is 0.246. The zero-order chi connectivity index (χ0) is 21.0. The zero-order valence-electron chi connectivity index (χ0n) is 17.7. The third-order valence-electron chi connectivity index (χ3n) is 5.48. The molecule has 0 fully saturated rings. The monoisotopic (exact) mass is 413 g/mol. The number of benzene rings is 1. The maximum absolute atomic E-state index is 13.2. The number of rotatable bonds is 7. The van der Waals surface area contributed by atoms with Gasteiger partial charge in [0.2, 0.25) is 11.8 Å². The molecule has 0 radical (unpaired) electrons. The largest absolute Gasteiger partial charge is 0.352 e. The van der Waals surface area contributed by atoms with Crippen molar-refractivity contribution in [1.82, 2.24) is 15.1 Å².